The third kappa shape index (κ3) is 4.16. The summed E-state index contributed by atoms with van der Waals surface area (Å²) in [5.41, 5.74) is -0.0141. The first-order valence-electron chi connectivity index (χ1n) is 6.86. The number of nitrogens with zero attached hydrogens (tertiary/aromatic N) is 2. The van der Waals surface area contributed by atoms with E-state index in [-0.39, 0.29) is 30.7 Å². The number of rotatable bonds is 5. The number of non-ortho nitro benzene ring substituents is 1. The van der Waals surface area contributed by atoms with Crippen LogP contribution in [0.5, 0.6) is 5.75 Å². The zero-order chi connectivity index (χ0) is 15.2. The lowest BCUT2D eigenvalue weighted by Crippen LogP contribution is -2.41. The molecule has 1 aromatic rings. The predicted octanol–water partition coefficient (Wildman–Crippen LogP) is 1.20. The molecule has 0 spiro atoms. The van der Waals surface area contributed by atoms with Crippen molar-refractivity contribution in [2.45, 2.75) is 12.8 Å². The van der Waals surface area contributed by atoms with E-state index in [0.717, 1.165) is 12.8 Å². The molecule has 1 N–H and O–H groups in total. The fourth-order valence-electron chi connectivity index (χ4n) is 2.27. The molecule has 0 bridgehead atoms. The van der Waals surface area contributed by atoms with Gasteiger partial charge in [0.1, 0.15) is 5.75 Å². The van der Waals surface area contributed by atoms with Gasteiger partial charge in [-0.1, -0.05) is 0 Å². The minimum Gasteiger partial charge on any atom is -0.484 e. The second-order valence-electron chi connectivity index (χ2n) is 5.05. The van der Waals surface area contributed by atoms with Crippen LogP contribution < -0.4 is 4.74 Å². The van der Waals surface area contributed by atoms with Gasteiger partial charge >= 0.3 is 0 Å². The average molecular weight is 294 g/mol. The monoisotopic (exact) mass is 294 g/mol. The first-order valence-corrected chi connectivity index (χ1v) is 6.86. The fraction of sp³-hybridized carbons (Fsp3) is 0.500. The molecule has 1 aliphatic heterocycles. The number of nitro benzene ring substituents is 1. The molecular weight excluding hydrogens is 276 g/mol. The van der Waals surface area contributed by atoms with E-state index in [1.165, 1.54) is 24.3 Å². The number of carbonyl (C=O) groups excluding carboxylic acids is 1. The Hall–Kier alpha value is -2.15. The molecule has 1 amide bonds. The molecule has 2 rings (SSSR count). The Balaban J connectivity index is 1.80. The van der Waals surface area contributed by atoms with Gasteiger partial charge in [-0.15, -0.1) is 0 Å². The number of amides is 1. The van der Waals surface area contributed by atoms with Crippen LogP contribution in [0.3, 0.4) is 0 Å². The number of likely N-dealkylation sites (tertiary alicyclic amines) is 1. The Labute approximate surface area is 122 Å². The minimum absolute atomic E-state index is 0.0141. The van der Waals surface area contributed by atoms with E-state index in [1.807, 2.05) is 0 Å². The van der Waals surface area contributed by atoms with Gasteiger partial charge in [0, 0.05) is 31.8 Å². The molecule has 7 heteroatoms. The first kappa shape index (κ1) is 15.2. The Bertz CT molecular complexity index is 495. The van der Waals surface area contributed by atoms with Crippen LogP contribution in [0.15, 0.2) is 24.3 Å². The number of aliphatic hydroxyl groups excluding tert-OH is 1. The lowest BCUT2D eigenvalue weighted by atomic mass is 9.98. The highest BCUT2D eigenvalue weighted by Gasteiger charge is 2.22. The van der Waals surface area contributed by atoms with Gasteiger partial charge in [-0.05, 0) is 30.9 Å². The van der Waals surface area contributed by atoms with E-state index < -0.39 is 4.92 Å². The van der Waals surface area contributed by atoms with Gasteiger partial charge < -0.3 is 14.7 Å². The van der Waals surface area contributed by atoms with Gasteiger partial charge in [0.05, 0.1) is 4.92 Å². The lowest BCUT2D eigenvalue weighted by molar-refractivity contribution is -0.384. The summed E-state index contributed by atoms with van der Waals surface area (Å²) in [7, 11) is 0. The van der Waals surface area contributed by atoms with Gasteiger partial charge in [-0.3, -0.25) is 14.9 Å². The summed E-state index contributed by atoms with van der Waals surface area (Å²) >= 11 is 0. The fourth-order valence-corrected chi connectivity index (χ4v) is 2.27. The van der Waals surface area contributed by atoms with Gasteiger partial charge in [0.2, 0.25) is 0 Å². The number of ether oxygens (including phenoxy) is 1. The largest absolute Gasteiger partial charge is 0.484 e. The van der Waals surface area contributed by atoms with E-state index in [4.69, 9.17) is 9.84 Å². The lowest BCUT2D eigenvalue weighted by Gasteiger charge is -2.31. The van der Waals surface area contributed by atoms with Crippen LogP contribution in [0.2, 0.25) is 0 Å². The molecule has 0 radical (unpaired) electrons. The Morgan fingerprint density at radius 1 is 1.33 bits per heavy atom. The van der Waals surface area contributed by atoms with Crippen molar-refractivity contribution >= 4 is 11.6 Å². The van der Waals surface area contributed by atoms with Crippen LogP contribution in [0, 0.1) is 16.0 Å². The molecule has 114 valence electrons. The number of aliphatic hydroxyl groups is 1. The van der Waals surface area contributed by atoms with Crippen molar-refractivity contribution in [1.82, 2.24) is 4.90 Å². The smallest absolute Gasteiger partial charge is 0.269 e. The van der Waals surface area contributed by atoms with E-state index in [0.29, 0.717) is 18.8 Å². The molecule has 0 atom stereocenters. The van der Waals surface area contributed by atoms with Crippen LogP contribution in [-0.2, 0) is 4.79 Å². The normalized spacial score (nSPS) is 15.8. The molecule has 0 aromatic heterocycles. The second-order valence-corrected chi connectivity index (χ2v) is 5.05. The zero-order valence-electron chi connectivity index (χ0n) is 11.6. The summed E-state index contributed by atoms with van der Waals surface area (Å²) in [5.74, 6) is 0.605. The summed E-state index contributed by atoms with van der Waals surface area (Å²) in [6.07, 6.45) is 1.61. The maximum Gasteiger partial charge on any atom is 0.269 e. The molecule has 7 nitrogen and oxygen atoms in total. The summed E-state index contributed by atoms with van der Waals surface area (Å²) in [6.45, 7) is 1.35. The molecular formula is C14H18N2O5. The third-order valence-corrected chi connectivity index (χ3v) is 3.64. The molecule has 0 unspecified atom stereocenters. The SMILES string of the molecule is O=C(COc1ccc([N+](=O)[O-])cc1)N1CCC(CO)CC1. The number of nitro groups is 1. The topological polar surface area (TPSA) is 92.9 Å². The molecule has 1 aromatic carbocycles. The number of piperidine rings is 1. The number of carbonyl (C=O) groups is 1. The van der Waals surface area contributed by atoms with E-state index in [2.05, 4.69) is 0 Å². The van der Waals surface area contributed by atoms with Crippen LogP contribution in [0.1, 0.15) is 12.8 Å². The Kier molecular flexibility index (Phi) is 5.10. The molecule has 1 heterocycles. The standard InChI is InChI=1S/C14H18N2O5/c17-9-11-5-7-15(8-6-11)14(18)10-21-13-3-1-12(2-4-13)16(19)20/h1-4,11,17H,5-10H2. The quantitative estimate of drug-likeness (QED) is 0.650. The van der Waals surface area contributed by atoms with E-state index >= 15 is 0 Å². The summed E-state index contributed by atoms with van der Waals surface area (Å²) in [4.78, 5) is 23.7. The molecule has 0 saturated carbocycles. The Morgan fingerprint density at radius 3 is 2.48 bits per heavy atom. The highest BCUT2D eigenvalue weighted by molar-refractivity contribution is 5.77. The number of hydrogen-bond donors (Lipinski definition) is 1. The Morgan fingerprint density at radius 2 is 1.95 bits per heavy atom. The third-order valence-electron chi connectivity index (χ3n) is 3.64. The van der Waals surface area contributed by atoms with Crippen molar-refractivity contribution in [3.8, 4) is 5.75 Å². The molecule has 0 aliphatic carbocycles. The highest BCUT2D eigenvalue weighted by atomic mass is 16.6. The second kappa shape index (κ2) is 7.03. The van der Waals surface area contributed by atoms with E-state index in [9.17, 15) is 14.9 Å². The first-order chi connectivity index (χ1) is 10.1. The van der Waals surface area contributed by atoms with Crippen LogP contribution >= 0.6 is 0 Å². The van der Waals surface area contributed by atoms with Gasteiger partial charge in [0.15, 0.2) is 6.61 Å². The van der Waals surface area contributed by atoms with Crippen molar-refractivity contribution in [3.05, 3.63) is 34.4 Å². The van der Waals surface area contributed by atoms with E-state index in [1.54, 1.807) is 4.90 Å². The van der Waals surface area contributed by atoms with Crippen molar-refractivity contribution in [1.29, 1.82) is 0 Å². The van der Waals surface area contributed by atoms with Gasteiger partial charge in [-0.25, -0.2) is 0 Å². The van der Waals surface area contributed by atoms with Gasteiger partial charge in [0.25, 0.3) is 11.6 Å². The maximum absolute atomic E-state index is 12.0. The van der Waals surface area contributed by atoms with Crippen molar-refractivity contribution in [2.24, 2.45) is 5.92 Å². The number of benzene rings is 1. The van der Waals surface area contributed by atoms with Crippen LogP contribution in [0.4, 0.5) is 5.69 Å². The van der Waals surface area contributed by atoms with Crippen molar-refractivity contribution in [2.75, 3.05) is 26.3 Å². The number of hydrogen-bond acceptors (Lipinski definition) is 5. The molecule has 1 fully saturated rings. The van der Waals surface area contributed by atoms with Crippen molar-refractivity contribution in [3.63, 3.8) is 0 Å². The van der Waals surface area contributed by atoms with Crippen molar-refractivity contribution < 1.29 is 19.6 Å². The van der Waals surface area contributed by atoms with Crippen LogP contribution in [0.25, 0.3) is 0 Å². The summed E-state index contributed by atoms with van der Waals surface area (Å²) in [6, 6.07) is 5.63. The maximum atomic E-state index is 12.0. The molecule has 1 saturated heterocycles. The zero-order valence-corrected chi connectivity index (χ0v) is 11.6. The summed E-state index contributed by atoms with van der Waals surface area (Å²) < 4.78 is 5.35. The average Bonchev–Trinajstić information content (AvgIpc) is 2.53. The van der Waals surface area contributed by atoms with Gasteiger partial charge in [-0.2, -0.15) is 0 Å². The molecule has 21 heavy (non-hydrogen) atoms. The predicted molar refractivity (Wildman–Crippen MR) is 75.0 cm³/mol. The highest BCUT2D eigenvalue weighted by Crippen LogP contribution is 2.19. The minimum atomic E-state index is -0.486. The molecule has 1 aliphatic rings. The van der Waals surface area contributed by atoms with Crippen LogP contribution in [-0.4, -0.2) is 47.1 Å². The summed E-state index contributed by atoms with van der Waals surface area (Å²) in [5, 5.41) is 19.6.